The summed E-state index contributed by atoms with van der Waals surface area (Å²) in [5, 5.41) is 0. The van der Waals surface area contributed by atoms with Gasteiger partial charge < -0.3 is 4.74 Å². The molecular weight excluding hydrogens is 284 g/mol. The van der Waals surface area contributed by atoms with E-state index in [1.54, 1.807) is 0 Å². The fourth-order valence-electron chi connectivity index (χ4n) is 2.04. The van der Waals surface area contributed by atoms with Gasteiger partial charge in [-0.05, 0) is 36.0 Å². The molecule has 0 radical (unpaired) electrons. The molecule has 118 valence electrons. The third-order valence-corrected chi connectivity index (χ3v) is 3.49. The highest BCUT2D eigenvalue weighted by molar-refractivity contribution is 6.18. The Morgan fingerprint density at radius 1 is 1.29 bits per heavy atom. The van der Waals surface area contributed by atoms with Crippen LogP contribution in [0.25, 0.3) is 0 Å². The van der Waals surface area contributed by atoms with Gasteiger partial charge in [0.25, 0.3) is 0 Å². The number of hydrogen-bond acceptors (Lipinski definition) is 2. The first-order valence-electron chi connectivity index (χ1n) is 7.62. The number of halogens is 1. The van der Waals surface area contributed by atoms with Crippen molar-refractivity contribution in [3.05, 3.63) is 29.3 Å². The first-order chi connectivity index (χ1) is 9.75. The van der Waals surface area contributed by atoms with Crippen molar-refractivity contribution in [1.82, 2.24) is 0 Å². The summed E-state index contributed by atoms with van der Waals surface area (Å²) in [5.41, 5.74) is 1.77. The zero-order valence-electron chi connectivity index (χ0n) is 13.8. The van der Waals surface area contributed by atoms with Gasteiger partial charge in [0.05, 0.1) is 6.61 Å². The third-order valence-electron chi connectivity index (χ3n) is 3.22. The maximum Gasteiger partial charge on any atom is 0.162 e. The Hall–Kier alpha value is -1.02. The van der Waals surface area contributed by atoms with E-state index in [2.05, 4.69) is 34.6 Å². The number of Topliss-reactive ketones (excluding diaryl/α,β-unsaturated/α-hetero) is 1. The number of ether oxygens (including phenoxy) is 1. The summed E-state index contributed by atoms with van der Waals surface area (Å²) in [6.45, 7) is 11.3. The van der Waals surface area contributed by atoms with Crippen molar-refractivity contribution >= 4 is 17.4 Å². The van der Waals surface area contributed by atoms with Gasteiger partial charge in [-0.3, -0.25) is 4.79 Å². The Balaban J connectivity index is 3.04. The minimum Gasteiger partial charge on any atom is -0.493 e. The lowest BCUT2D eigenvalue weighted by Gasteiger charge is -2.24. The van der Waals surface area contributed by atoms with E-state index in [-0.39, 0.29) is 11.2 Å². The second-order valence-electron chi connectivity index (χ2n) is 6.88. The van der Waals surface area contributed by atoms with E-state index in [0.29, 0.717) is 24.8 Å². The molecule has 21 heavy (non-hydrogen) atoms. The predicted molar refractivity (Wildman–Crippen MR) is 89.8 cm³/mol. The van der Waals surface area contributed by atoms with Crippen molar-refractivity contribution in [2.24, 2.45) is 5.92 Å². The lowest BCUT2D eigenvalue weighted by atomic mass is 9.84. The summed E-state index contributed by atoms with van der Waals surface area (Å²) >= 11 is 5.66. The number of carbonyl (C=O) groups excluding carboxylic acids is 1. The van der Waals surface area contributed by atoms with E-state index in [1.165, 1.54) is 0 Å². The highest BCUT2D eigenvalue weighted by atomic mass is 35.5. The van der Waals surface area contributed by atoms with Gasteiger partial charge in [-0.2, -0.15) is 0 Å². The van der Waals surface area contributed by atoms with Crippen molar-refractivity contribution in [2.75, 3.05) is 12.5 Å². The minimum atomic E-state index is -0.0604. The first-order valence-corrected chi connectivity index (χ1v) is 8.15. The van der Waals surface area contributed by atoms with Crippen LogP contribution in [0.3, 0.4) is 0 Å². The largest absolute Gasteiger partial charge is 0.493 e. The molecule has 0 atom stereocenters. The molecule has 0 heterocycles. The lowest BCUT2D eigenvalue weighted by molar-refractivity contribution is 0.0981. The van der Waals surface area contributed by atoms with Gasteiger partial charge in [0.1, 0.15) is 5.75 Å². The van der Waals surface area contributed by atoms with Crippen LogP contribution in [0, 0.1) is 5.92 Å². The Labute approximate surface area is 133 Å². The minimum absolute atomic E-state index is 0.0604. The number of rotatable bonds is 7. The summed E-state index contributed by atoms with van der Waals surface area (Å²) in [6, 6.07) is 5.77. The van der Waals surface area contributed by atoms with Crippen molar-refractivity contribution < 1.29 is 9.53 Å². The molecule has 1 rings (SSSR count). The fourth-order valence-corrected chi connectivity index (χ4v) is 2.18. The van der Waals surface area contributed by atoms with Gasteiger partial charge >= 0.3 is 0 Å². The quantitative estimate of drug-likeness (QED) is 0.510. The second-order valence-corrected chi connectivity index (χ2v) is 7.26. The van der Waals surface area contributed by atoms with Crippen molar-refractivity contribution in [1.29, 1.82) is 0 Å². The topological polar surface area (TPSA) is 26.3 Å². The van der Waals surface area contributed by atoms with Crippen molar-refractivity contribution in [3.8, 4) is 5.75 Å². The molecule has 0 aliphatic rings. The van der Waals surface area contributed by atoms with Gasteiger partial charge in [-0.25, -0.2) is 0 Å². The molecule has 0 spiro atoms. The zero-order chi connectivity index (χ0) is 16.0. The molecular formula is C18H27ClO2. The van der Waals surface area contributed by atoms with Crippen LogP contribution >= 0.6 is 11.6 Å². The number of carbonyl (C=O) groups is 1. The maximum atomic E-state index is 12.2. The molecule has 0 bridgehead atoms. The van der Waals surface area contributed by atoms with E-state index >= 15 is 0 Å². The Morgan fingerprint density at radius 2 is 1.95 bits per heavy atom. The van der Waals surface area contributed by atoms with Crippen LogP contribution in [-0.4, -0.2) is 18.3 Å². The van der Waals surface area contributed by atoms with Crippen LogP contribution in [0.1, 0.15) is 63.4 Å². The molecule has 3 heteroatoms. The van der Waals surface area contributed by atoms with E-state index in [1.807, 2.05) is 18.2 Å². The standard InChI is InChI=1S/C18H27ClO2/c1-13(2)12-21-17-9-8-14(16(20)7-6-10-19)11-15(17)18(3,4)5/h8-9,11,13H,6-7,10,12H2,1-5H3. The van der Waals surface area contributed by atoms with E-state index in [4.69, 9.17) is 16.3 Å². The van der Waals surface area contributed by atoms with E-state index in [0.717, 1.165) is 23.3 Å². The lowest BCUT2D eigenvalue weighted by Crippen LogP contribution is -2.16. The second kappa shape index (κ2) is 7.84. The van der Waals surface area contributed by atoms with Crippen LogP contribution in [0.15, 0.2) is 18.2 Å². The van der Waals surface area contributed by atoms with Gasteiger partial charge in [-0.15, -0.1) is 11.6 Å². The van der Waals surface area contributed by atoms with Crippen LogP contribution in [0.2, 0.25) is 0 Å². The van der Waals surface area contributed by atoms with Gasteiger partial charge in [0.15, 0.2) is 5.78 Å². The summed E-state index contributed by atoms with van der Waals surface area (Å²) in [4.78, 5) is 12.2. The Bertz CT molecular complexity index is 473. The van der Waals surface area contributed by atoms with E-state index in [9.17, 15) is 4.79 Å². The molecule has 0 unspecified atom stereocenters. The number of hydrogen-bond donors (Lipinski definition) is 0. The van der Waals surface area contributed by atoms with Crippen LogP contribution in [-0.2, 0) is 5.41 Å². The molecule has 0 amide bonds. The summed E-state index contributed by atoms with van der Waals surface area (Å²) in [5.74, 6) is 2.03. The molecule has 0 fully saturated rings. The average molecular weight is 311 g/mol. The number of alkyl halides is 1. The summed E-state index contributed by atoms with van der Waals surface area (Å²) in [6.07, 6.45) is 1.22. The SMILES string of the molecule is CC(C)COc1ccc(C(=O)CCCCl)cc1C(C)(C)C. The zero-order valence-corrected chi connectivity index (χ0v) is 14.6. The van der Waals surface area contributed by atoms with Gasteiger partial charge in [0.2, 0.25) is 0 Å². The highest BCUT2D eigenvalue weighted by Crippen LogP contribution is 2.33. The van der Waals surface area contributed by atoms with Crippen LogP contribution < -0.4 is 4.74 Å². The molecule has 0 aliphatic heterocycles. The maximum absolute atomic E-state index is 12.2. The molecule has 0 aliphatic carbocycles. The smallest absolute Gasteiger partial charge is 0.162 e. The fraction of sp³-hybridized carbons (Fsp3) is 0.611. The summed E-state index contributed by atoms with van der Waals surface area (Å²) < 4.78 is 5.91. The first kappa shape index (κ1) is 18.0. The molecule has 1 aromatic carbocycles. The summed E-state index contributed by atoms with van der Waals surface area (Å²) in [7, 11) is 0. The van der Waals surface area contributed by atoms with Crippen molar-refractivity contribution in [3.63, 3.8) is 0 Å². The molecule has 0 saturated heterocycles. The Morgan fingerprint density at radius 3 is 2.48 bits per heavy atom. The van der Waals surface area contributed by atoms with Gasteiger partial charge in [-0.1, -0.05) is 34.6 Å². The Kier molecular flexibility index (Phi) is 6.73. The van der Waals surface area contributed by atoms with Crippen molar-refractivity contribution in [2.45, 2.75) is 52.9 Å². The molecule has 0 saturated carbocycles. The third kappa shape index (κ3) is 5.70. The molecule has 1 aromatic rings. The monoisotopic (exact) mass is 310 g/mol. The average Bonchev–Trinajstić information content (AvgIpc) is 2.41. The molecule has 0 aromatic heterocycles. The highest BCUT2D eigenvalue weighted by Gasteiger charge is 2.21. The van der Waals surface area contributed by atoms with Crippen LogP contribution in [0.5, 0.6) is 5.75 Å². The predicted octanol–water partition coefficient (Wildman–Crippen LogP) is 5.22. The normalized spacial score (nSPS) is 11.8. The van der Waals surface area contributed by atoms with Crippen LogP contribution in [0.4, 0.5) is 0 Å². The number of benzene rings is 1. The number of ketones is 1. The molecule has 0 N–H and O–H groups in total. The molecule has 2 nitrogen and oxygen atoms in total. The van der Waals surface area contributed by atoms with Gasteiger partial charge in [0, 0.05) is 23.4 Å². The van der Waals surface area contributed by atoms with E-state index < -0.39 is 0 Å².